The standard InChI is InChI=1S/C48H41N3/c1-3-13-33(14-4-1)43-31-44(50-48(49-43)35-15-5-2-6-16-35)34-22-26-38(27-23-34)51-45-21-10-9-19-42(45)47-41-28-24-36(30-37(41)25-29-46(47)51)40-20-11-17-32-12-7-8-18-39(32)40/h1-3,5-10,12-13,15-16,18-24,26-28,30-31,37,41,46-47H,4,11,14,17,25,29H2/t37?,41?,46?,47-/m1/s1. The third-order valence-corrected chi connectivity index (χ3v) is 11.8. The number of para-hydroxylation sites is 1. The minimum Gasteiger partial charge on any atom is -0.337 e. The van der Waals surface area contributed by atoms with Crippen molar-refractivity contribution in [2.24, 2.45) is 11.8 Å². The number of hydrogen-bond acceptors (Lipinski definition) is 3. The molecule has 0 amide bonds. The van der Waals surface area contributed by atoms with Gasteiger partial charge in [-0.1, -0.05) is 127 Å². The second-order valence-corrected chi connectivity index (χ2v) is 14.7. The number of nitrogens with zero attached hydrogens (tertiary/aromatic N) is 3. The Kier molecular flexibility index (Phi) is 7.52. The first-order valence-electron chi connectivity index (χ1n) is 18.8. The van der Waals surface area contributed by atoms with Crippen LogP contribution in [0, 0.1) is 11.8 Å². The molecule has 5 aliphatic rings. The largest absolute Gasteiger partial charge is 0.337 e. The highest BCUT2D eigenvalue weighted by molar-refractivity contribution is 5.85. The Morgan fingerprint density at radius 1 is 0.706 bits per heavy atom. The number of fused-ring (bicyclic) bond motifs is 6. The molecule has 2 heterocycles. The second-order valence-electron chi connectivity index (χ2n) is 14.7. The lowest BCUT2D eigenvalue weighted by molar-refractivity contribution is 0.268. The predicted molar refractivity (Wildman–Crippen MR) is 211 cm³/mol. The van der Waals surface area contributed by atoms with Gasteiger partial charge in [0, 0.05) is 34.5 Å². The molecular formula is C48H41N3. The summed E-state index contributed by atoms with van der Waals surface area (Å²) in [5.41, 5.74) is 15.3. The van der Waals surface area contributed by atoms with Crippen molar-refractivity contribution in [3.63, 3.8) is 0 Å². The third kappa shape index (κ3) is 5.34. The van der Waals surface area contributed by atoms with Crippen molar-refractivity contribution >= 4 is 22.5 Å². The number of anilines is 2. The van der Waals surface area contributed by atoms with E-state index in [0.29, 0.717) is 23.8 Å². The maximum absolute atomic E-state index is 5.11. The van der Waals surface area contributed by atoms with Gasteiger partial charge in [-0.15, -0.1) is 0 Å². The second kappa shape index (κ2) is 12.7. The molecule has 4 aliphatic carbocycles. The predicted octanol–water partition coefficient (Wildman–Crippen LogP) is 11.7. The van der Waals surface area contributed by atoms with E-state index in [1.165, 1.54) is 57.6 Å². The molecule has 1 aliphatic heterocycles. The van der Waals surface area contributed by atoms with Gasteiger partial charge in [0.15, 0.2) is 5.82 Å². The van der Waals surface area contributed by atoms with Crippen LogP contribution in [0.5, 0.6) is 0 Å². The Labute approximate surface area is 301 Å². The van der Waals surface area contributed by atoms with E-state index < -0.39 is 0 Å². The minimum absolute atomic E-state index is 0.436. The SMILES string of the molecule is C1=CCCC(c2cc(-c3ccc(N4c5ccccc5[C@H]5C6C=CC(C7=CCCc8ccccc87)=CC6CCC54)cc3)nc(-c3ccccc3)n2)=C1. The fourth-order valence-electron chi connectivity index (χ4n) is 9.44. The van der Waals surface area contributed by atoms with Gasteiger partial charge in [-0.3, -0.25) is 0 Å². The summed E-state index contributed by atoms with van der Waals surface area (Å²) in [5.74, 6) is 2.30. The number of rotatable bonds is 5. The smallest absolute Gasteiger partial charge is 0.160 e. The summed E-state index contributed by atoms with van der Waals surface area (Å²) in [5, 5.41) is 0. The number of benzene rings is 4. The number of hydrogen-bond donors (Lipinski definition) is 0. The molecule has 5 aromatic rings. The summed E-state index contributed by atoms with van der Waals surface area (Å²) in [6, 6.07) is 40.3. The van der Waals surface area contributed by atoms with Crippen LogP contribution < -0.4 is 4.90 Å². The average Bonchev–Trinajstić information content (AvgIpc) is 3.56. The lowest BCUT2D eigenvalue weighted by Crippen LogP contribution is -2.40. The Morgan fingerprint density at radius 3 is 2.41 bits per heavy atom. The van der Waals surface area contributed by atoms with Gasteiger partial charge < -0.3 is 4.90 Å². The Balaban J connectivity index is 0.966. The summed E-state index contributed by atoms with van der Waals surface area (Å²) in [6.45, 7) is 0. The zero-order valence-electron chi connectivity index (χ0n) is 28.8. The Bertz CT molecular complexity index is 2290. The van der Waals surface area contributed by atoms with Crippen molar-refractivity contribution in [2.45, 2.75) is 50.5 Å². The van der Waals surface area contributed by atoms with E-state index in [1.807, 2.05) is 6.07 Å². The molecule has 10 rings (SSSR count). The third-order valence-electron chi connectivity index (χ3n) is 11.8. The fourth-order valence-corrected chi connectivity index (χ4v) is 9.44. The quantitative estimate of drug-likeness (QED) is 0.188. The van der Waals surface area contributed by atoms with Gasteiger partial charge in [0.1, 0.15) is 0 Å². The van der Waals surface area contributed by atoms with E-state index in [4.69, 9.17) is 9.97 Å². The van der Waals surface area contributed by atoms with Crippen LogP contribution in [-0.4, -0.2) is 16.0 Å². The van der Waals surface area contributed by atoms with Gasteiger partial charge in [-0.2, -0.15) is 0 Å². The van der Waals surface area contributed by atoms with Gasteiger partial charge in [0.25, 0.3) is 0 Å². The van der Waals surface area contributed by atoms with Crippen LogP contribution in [0.3, 0.4) is 0 Å². The maximum atomic E-state index is 5.11. The molecule has 248 valence electrons. The summed E-state index contributed by atoms with van der Waals surface area (Å²) in [6.07, 6.45) is 23.4. The molecule has 51 heavy (non-hydrogen) atoms. The van der Waals surface area contributed by atoms with Crippen LogP contribution >= 0.6 is 0 Å². The molecule has 0 spiro atoms. The summed E-state index contributed by atoms with van der Waals surface area (Å²) in [7, 11) is 0. The monoisotopic (exact) mass is 659 g/mol. The molecule has 4 atom stereocenters. The average molecular weight is 660 g/mol. The zero-order valence-corrected chi connectivity index (χ0v) is 28.8. The molecule has 0 radical (unpaired) electrons. The van der Waals surface area contributed by atoms with Crippen molar-refractivity contribution in [2.75, 3.05) is 4.90 Å². The Morgan fingerprint density at radius 2 is 1.53 bits per heavy atom. The molecular weight excluding hydrogens is 619 g/mol. The zero-order chi connectivity index (χ0) is 33.7. The van der Waals surface area contributed by atoms with Crippen LogP contribution in [0.4, 0.5) is 11.4 Å². The van der Waals surface area contributed by atoms with Gasteiger partial charge in [-0.05, 0) is 108 Å². The first-order valence-corrected chi connectivity index (χ1v) is 18.8. The first kappa shape index (κ1) is 30.3. The normalized spacial score (nSPS) is 23.0. The molecule has 1 saturated carbocycles. The molecule has 4 aromatic carbocycles. The number of allylic oxidation sites excluding steroid dienone is 10. The van der Waals surface area contributed by atoms with Crippen molar-refractivity contribution in [3.05, 3.63) is 180 Å². The topological polar surface area (TPSA) is 29.0 Å². The molecule has 0 N–H and O–H groups in total. The van der Waals surface area contributed by atoms with E-state index in [2.05, 4.69) is 151 Å². The van der Waals surface area contributed by atoms with Gasteiger partial charge in [0.05, 0.1) is 11.4 Å². The lowest BCUT2D eigenvalue weighted by Gasteiger charge is -2.42. The van der Waals surface area contributed by atoms with Crippen LogP contribution in [-0.2, 0) is 6.42 Å². The highest BCUT2D eigenvalue weighted by Gasteiger charge is 2.47. The van der Waals surface area contributed by atoms with Crippen molar-refractivity contribution in [1.82, 2.24) is 9.97 Å². The van der Waals surface area contributed by atoms with E-state index in [9.17, 15) is 0 Å². The van der Waals surface area contributed by atoms with Crippen LogP contribution in [0.2, 0.25) is 0 Å². The van der Waals surface area contributed by atoms with Crippen molar-refractivity contribution in [1.29, 1.82) is 0 Å². The highest BCUT2D eigenvalue weighted by atomic mass is 15.2. The van der Waals surface area contributed by atoms with Gasteiger partial charge in [0.2, 0.25) is 0 Å². The molecule has 1 fully saturated rings. The fraction of sp³-hybridized carbons (Fsp3) is 0.208. The van der Waals surface area contributed by atoms with E-state index in [1.54, 1.807) is 0 Å². The highest BCUT2D eigenvalue weighted by Crippen LogP contribution is 2.56. The number of aryl methyl sites for hydroxylation is 1. The summed E-state index contributed by atoms with van der Waals surface area (Å²) >= 11 is 0. The van der Waals surface area contributed by atoms with E-state index in [-0.39, 0.29) is 0 Å². The summed E-state index contributed by atoms with van der Waals surface area (Å²) < 4.78 is 0. The van der Waals surface area contributed by atoms with Crippen LogP contribution in [0.15, 0.2) is 157 Å². The molecule has 3 heteroatoms. The molecule has 3 nitrogen and oxygen atoms in total. The number of aromatic nitrogens is 2. The van der Waals surface area contributed by atoms with Gasteiger partial charge >= 0.3 is 0 Å². The van der Waals surface area contributed by atoms with Crippen LogP contribution in [0.1, 0.15) is 60.4 Å². The molecule has 0 saturated heterocycles. The van der Waals surface area contributed by atoms with Crippen molar-refractivity contribution < 1.29 is 0 Å². The lowest BCUT2D eigenvalue weighted by atomic mass is 9.65. The van der Waals surface area contributed by atoms with E-state index in [0.717, 1.165) is 54.0 Å². The maximum Gasteiger partial charge on any atom is 0.160 e. The molecule has 3 unspecified atom stereocenters. The molecule has 0 bridgehead atoms. The Hall–Kier alpha value is -5.54. The van der Waals surface area contributed by atoms with Crippen molar-refractivity contribution in [3.8, 4) is 22.6 Å². The summed E-state index contributed by atoms with van der Waals surface area (Å²) in [4.78, 5) is 12.8. The van der Waals surface area contributed by atoms with Crippen LogP contribution in [0.25, 0.3) is 33.8 Å². The molecule has 1 aromatic heterocycles. The van der Waals surface area contributed by atoms with E-state index >= 15 is 0 Å². The first-order chi connectivity index (χ1) is 25.3. The van der Waals surface area contributed by atoms with Gasteiger partial charge in [-0.25, -0.2) is 9.97 Å². The minimum atomic E-state index is 0.436.